The van der Waals surface area contributed by atoms with Gasteiger partial charge in [0.2, 0.25) is 11.8 Å². The van der Waals surface area contributed by atoms with E-state index in [9.17, 15) is 22.8 Å². The summed E-state index contributed by atoms with van der Waals surface area (Å²) < 4.78 is 28.2. The normalized spacial score (nSPS) is 17.0. The molecule has 0 saturated heterocycles. The Hall–Kier alpha value is -3.54. The zero-order valence-corrected chi connectivity index (χ0v) is 30.3. The standard InChI is InChI=1S/C36H53N5O5S/c1-23(2)28(22-24(3)31(42)40-47(45,46)27-18-16-26(17-19-27)36(37)20-21-36)41(10)33(44)30(34(4,5)6)39-32(43)29(38-9)35(7,8)25-14-12-11-13-15-25/h11-19,22-23,28-30,38H,20-21,37H2,1-10H3,(H,39,43)(H,40,42)/t28-,29-,30-/m1/s1. The number of nitrogens with zero attached hydrogens (tertiary/aromatic N) is 1. The van der Waals surface area contributed by atoms with Crippen LogP contribution < -0.4 is 21.1 Å². The molecule has 0 unspecified atom stereocenters. The van der Waals surface area contributed by atoms with E-state index in [1.54, 1.807) is 32.3 Å². The van der Waals surface area contributed by atoms with E-state index in [4.69, 9.17) is 5.73 Å². The van der Waals surface area contributed by atoms with Gasteiger partial charge in [0.25, 0.3) is 15.9 Å². The van der Waals surface area contributed by atoms with E-state index in [1.165, 1.54) is 24.0 Å². The van der Waals surface area contributed by atoms with Gasteiger partial charge in [0.05, 0.1) is 17.0 Å². The van der Waals surface area contributed by atoms with Gasteiger partial charge < -0.3 is 21.3 Å². The number of carbonyl (C=O) groups excluding carboxylic acids is 3. The average Bonchev–Trinajstić information content (AvgIpc) is 3.75. The van der Waals surface area contributed by atoms with Gasteiger partial charge in [-0.25, -0.2) is 13.1 Å². The molecule has 3 rings (SSSR count). The van der Waals surface area contributed by atoms with Crippen molar-refractivity contribution in [2.45, 2.75) is 102 Å². The van der Waals surface area contributed by atoms with Crippen molar-refractivity contribution in [3.05, 3.63) is 77.4 Å². The van der Waals surface area contributed by atoms with Crippen molar-refractivity contribution in [2.75, 3.05) is 14.1 Å². The van der Waals surface area contributed by atoms with Crippen LogP contribution in [0.5, 0.6) is 0 Å². The molecule has 0 spiro atoms. The lowest BCUT2D eigenvalue weighted by Crippen LogP contribution is -2.61. The summed E-state index contributed by atoms with van der Waals surface area (Å²) in [5, 5.41) is 6.16. The first kappa shape index (κ1) is 37.9. The van der Waals surface area contributed by atoms with Crippen molar-refractivity contribution in [2.24, 2.45) is 17.1 Å². The summed E-state index contributed by atoms with van der Waals surface area (Å²) in [5.41, 5.74) is 6.55. The summed E-state index contributed by atoms with van der Waals surface area (Å²) in [7, 11) is -0.790. The first-order valence-electron chi connectivity index (χ1n) is 16.1. The van der Waals surface area contributed by atoms with E-state index < -0.39 is 50.4 Å². The molecule has 1 saturated carbocycles. The number of amides is 3. The minimum Gasteiger partial charge on any atom is -0.342 e. The van der Waals surface area contributed by atoms with Crippen LogP contribution in [0.25, 0.3) is 0 Å². The van der Waals surface area contributed by atoms with Crippen LogP contribution in [0.1, 0.15) is 79.4 Å². The van der Waals surface area contributed by atoms with Gasteiger partial charge in [-0.15, -0.1) is 0 Å². The zero-order valence-electron chi connectivity index (χ0n) is 29.5. The molecular formula is C36H53N5O5S. The van der Waals surface area contributed by atoms with E-state index >= 15 is 0 Å². The lowest BCUT2D eigenvalue weighted by Gasteiger charge is -2.40. The molecule has 3 amide bonds. The third-order valence-electron chi connectivity index (χ3n) is 9.20. The SMILES string of the molecule is CN[C@H](C(=O)N[C@H](C(=O)N(C)[C@H](C=C(C)C(=O)NS(=O)(=O)c1ccc(C2(N)CC2)cc1)C(C)C)C(C)(C)C)C(C)(C)c1ccccc1. The molecule has 1 aliphatic carbocycles. The van der Waals surface area contributed by atoms with Crippen molar-refractivity contribution < 1.29 is 22.8 Å². The molecule has 5 N–H and O–H groups in total. The predicted molar refractivity (Wildman–Crippen MR) is 186 cm³/mol. The van der Waals surface area contributed by atoms with Gasteiger partial charge in [-0.2, -0.15) is 0 Å². The number of hydrogen-bond donors (Lipinski definition) is 4. The number of sulfonamides is 1. The van der Waals surface area contributed by atoms with Crippen LogP contribution in [-0.4, -0.2) is 63.3 Å². The monoisotopic (exact) mass is 667 g/mol. The fourth-order valence-electron chi connectivity index (χ4n) is 5.81. The fourth-order valence-corrected chi connectivity index (χ4v) is 6.83. The minimum atomic E-state index is -4.14. The van der Waals surface area contributed by atoms with Crippen molar-refractivity contribution in [3.8, 4) is 0 Å². The Morgan fingerprint density at radius 2 is 1.49 bits per heavy atom. The Balaban J connectivity index is 1.80. The first-order valence-corrected chi connectivity index (χ1v) is 17.6. The van der Waals surface area contributed by atoms with Crippen molar-refractivity contribution in [1.29, 1.82) is 0 Å². The van der Waals surface area contributed by atoms with Crippen LogP contribution in [0.4, 0.5) is 0 Å². The van der Waals surface area contributed by atoms with E-state index in [2.05, 4.69) is 15.4 Å². The van der Waals surface area contributed by atoms with Gasteiger partial charge in [-0.05, 0) is 61.4 Å². The molecule has 0 heterocycles. The molecule has 1 aliphatic rings. The maximum Gasteiger partial charge on any atom is 0.264 e. The number of benzene rings is 2. The molecule has 2 aromatic carbocycles. The third kappa shape index (κ3) is 8.88. The molecule has 10 nitrogen and oxygen atoms in total. The molecule has 0 radical (unpaired) electrons. The maximum atomic E-state index is 14.1. The number of hydrogen-bond acceptors (Lipinski definition) is 7. The second kappa shape index (κ2) is 14.3. The number of likely N-dealkylation sites (N-methyl/N-ethyl adjacent to an activating group) is 2. The van der Waals surface area contributed by atoms with Gasteiger partial charge in [-0.1, -0.05) is 97.0 Å². The molecular weight excluding hydrogens is 614 g/mol. The highest BCUT2D eigenvalue weighted by Gasteiger charge is 2.42. The highest BCUT2D eigenvalue weighted by molar-refractivity contribution is 7.90. The zero-order chi connectivity index (χ0) is 35.5. The summed E-state index contributed by atoms with van der Waals surface area (Å²) in [6.07, 6.45) is 3.29. The maximum absolute atomic E-state index is 14.1. The van der Waals surface area contributed by atoms with E-state index in [1.807, 2.05) is 78.8 Å². The van der Waals surface area contributed by atoms with E-state index in [0.717, 1.165) is 24.0 Å². The average molecular weight is 668 g/mol. The number of nitrogens with two attached hydrogens (primary N) is 1. The summed E-state index contributed by atoms with van der Waals surface area (Å²) >= 11 is 0. The van der Waals surface area contributed by atoms with Crippen molar-refractivity contribution in [3.63, 3.8) is 0 Å². The van der Waals surface area contributed by atoms with Crippen LogP contribution in [0, 0.1) is 11.3 Å². The quantitative estimate of drug-likeness (QED) is 0.236. The fraction of sp³-hybridized carbons (Fsp3) is 0.528. The van der Waals surface area contributed by atoms with Gasteiger partial charge >= 0.3 is 0 Å². The minimum absolute atomic E-state index is 0.0431. The lowest BCUT2D eigenvalue weighted by atomic mass is 9.76. The van der Waals surface area contributed by atoms with E-state index in [-0.39, 0.29) is 28.2 Å². The Morgan fingerprint density at radius 3 is 1.96 bits per heavy atom. The first-order chi connectivity index (χ1) is 21.7. The topological polar surface area (TPSA) is 151 Å². The lowest BCUT2D eigenvalue weighted by molar-refractivity contribution is -0.140. The Morgan fingerprint density at radius 1 is 0.936 bits per heavy atom. The second-order valence-corrected chi connectivity index (χ2v) is 16.4. The Kier molecular flexibility index (Phi) is 11.5. The molecule has 258 valence electrons. The third-order valence-corrected chi connectivity index (χ3v) is 10.5. The van der Waals surface area contributed by atoms with Crippen molar-refractivity contribution >= 4 is 27.7 Å². The molecule has 47 heavy (non-hydrogen) atoms. The molecule has 0 aliphatic heterocycles. The smallest absolute Gasteiger partial charge is 0.264 e. The molecule has 1 fully saturated rings. The van der Waals surface area contributed by atoms with Crippen LogP contribution in [0.15, 0.2) is 71.1 Å². The van der Waals surface area contributed by atoms with Crippen LogP contribution in [-0.2, 0) is 35.4 Å². The summed E-state index contributed by atoms with van der Waals surface area (Å²) in [4.78, 5) is 42.5. The predicted octanol–water partition coefficient (Wildman–Crippen LogP) is 3.97. The van der Waals surface area contributed by atoms with Crippen LogP contribution in [0.2, 0.25) is 0 Å². The summed E-state index contributed by atoms with van der Waals surface area (Å²) in [5.74, 6) is -1.58. The highest BCUT2D eigenvalue weighted by Crippen LogP contribution is 2.42. The van der Waals surface area contributed by atoms with Crippen LogP contribution in [0.3, 0.4) is 0 Å². The molecule has 11 heteroatoms. The Bertz CT molecular complexity index is 1570. The van der Waals surface area contributed by atoms with Gasteiger partial charge in [-0.3, -0.25) is 14.4 Å². The van der Waals surface area contributed by atoms with Gasteiger partial charge in [0, 0.05) is 23.6 Å². The number of carbonyl (C=O) groups is 3. The molecule has 3 atom stereocenters. The molecule has 0 aromatic heterocycles. The van der Waals surface area contributed by atoms with Gasteiger partial charge in [0.1, 0.15) is 6.04 Å². The van der Waals surface area contributed by atoms with Crippen molar-refractivity contribution in [1.82, 2.24) is 20.3 Å². The van der Waals surface area contributed by atoms with Gasteiger partial charge in [0.15, 0.2) is 0 Å². The molecule has 2 aromatic rings. The largest absolute Gasteiger partial charge is 0.342 e. The molecule has 0 bridgehead atoms. The highest BCUT2D eigenvalue weighted by atomic mass is 32.2. The summed E-state index contributed by atoms with van der Waals surface area (Å²) in [6.45, 7) is 14.9. The number of rotatable bonds is 13. The number of nitrogens with one attached hydrogen (secondary N) is 3. The Labute approximate surface area is 281 Å². The second-order valence-electron chi connectivity index (χ2n) is 14.8. The van der Waals surface area contributed by atoms with Crippen LogP contribution >= 0.6 is 0 Å². The summed E-state index contributed by atoms with van der Waals surface area (Å²) in [6, 6.07) is 13.9. The van der Waals surface area contributed by atoms with E-state index in [0.29, 0.717) is 0 Å².